The van der Waals surface area contributed by atoms with E-state index >= 15 is 0 Å². The molecule has 0 fully saturated rings. The van der Waals surface area contributed by atoms with E-state index in [1.165, 1.54) is 6.39 Å². The highest BCUT2D eigenvalue weighted by Crippen LogP contribution is 2.22. The summed E-state index contributed by atoms with van der Waals surface area (Å²) >= 11 is 0. The van der Waals surface area contributed by atoms with Gasteiger partial charge in [-0.25, -0.2) is 4.98 Å². The number of hydrogen-bond acceptors (Lipinski definition) is 3. The molecule has 0 aliphatic heterocycles. The first-order valence-corrected chi connectivity index (χ1v) is 4.91. The van der Waals surface area contributed by atoms with Gasteiger partial charge >= 0.3 is 0 Å². The first-order valence-electron chi connectivity index (χ1n) is 4.91. The molecule has 2 rings (SSSR count). The van der Waals surface area contributed by atoms with Crippen LogP contribution in [0.15, 0.2) is 41.3 Å². The highest BCUT2D eigenvalue weighted by atomic mass is 16.5. The second kappa shape index (κ2) is 4.17. The van der Waals surface area contributed by atoms with Crippen LogP contribution in [-0.4, -0.2) is 11.1 Å². The maximum Gasteiger partial charge on any atom is 0.181 e. The Hall–Kier alpha value is -1.77. The van der Waals surface area contributed by atoms with E-state index in [-0.39, 0.29) is 6.10 Å². The molecule has 0 unspecified atom stereocenters. The van der Waals surface area contributed by atoms with Crippen molar-refractivity contribution in [3.8, 4) is 17.1 Å². The number of aromatic nitrogens is 1. The van der Waals surface area contributed by atoms with Gasteiger partial charge in [-0.2, -0.15) is 0 Å². The molecule has 1 heterocycles. The van der Waals surface area contributed by atoms with Gasteiger partial charge in [-0.3, -0.25) is 0 Å². The van der Waals surface area contributed by atoms with Crippen molar-refractivity contribution in [2.45, 2.75) is 20.0 Å². The Bertz CT molecular complexity index is 404. The number of nitrogens with zero attached hydrogens (tertiary/aromatic N) is 1. The fourth-order valence-corrected chi connectivity index (χ4v) is 1.33. The van der Waals surface area contributed by atoms with Gasteiger partial charge in [-0.1, -0.05) is 0 Å². The highest BCUT2D eigenvalue weighted by Gasteiger charge is 2.02. The van der Waals surface area contributed by atoms with Crippen molar-refractivity contribution in [1.82, 2.24) is 4.98 Å². The predicted molar refractivity (Wildman–Crippen MR) is 57.7 cm³/mol. The minimum Gasteiger partial charge on any atom is -0.491 e. The van der Waals surface area contributed by atoms with E-state index in [1.807, 2.05) is 38.1 Å². The molecule has 0 aliphatic carbocycles. The largest absolute Gasteiger partial charge is 0.491 e. The molecule has 0 saturated heterocycles. The van der Waals surface area contributed by atoms with Crippen LogP contribution < -0.4 is 4.74 Å². The molecule has 0 spiro atoms. The van der Waals surface area contributed by atoms with Crippen molar-refractivity contribution in [3.63, 3.8) is 0 Å². The normalized spacial score (nSPS) is 10.6. The van der Waals surface area contributed by atoms with E-state index in [4.69, 9.17) is 9.15 Å². The van der Waals surface area contributed by atoms with Crippen LogP contribution in [0.2, 0.25) is 0 Å². The molecule has 0 N–H and O–H groups in total. The van der Waals surface area contributed by atoms with Gasteiger partial charge in [-0.15, -0.1) is 0 Å². The van der Waals surface area contributed by atoms with Gasteiger partial charge in [0.25, 0.3) is 0 Å². The topological polar surface area (TPSA) is 35.3 Å². The van der Waals surface area contributed by atoms with Crippen LogP contribution in [0.5, 0.6) is 5.75 Å². The lowest BCUT2D eigenvalue weighted by Crippen LogP contribution is -2.05. The van der Waals surface area contributed by atoms with Crippen LogP contribution in [0.25, 0.3) is 11.3 Å². The van der Waals surface area contributed by atoms with Crippen molar-refractivity contribution in [2.24, 2.45) is 0 Å². The molecule has 0 saturated carbocycles. The van der Waals surface area contributed by atoms with Crippen LogP contribution >= 0.6 is 0 Å². The summed E-state index contributed by atoms with van der Waals surface area (Å²) in [6, 6.07) is 7.77. The molecule has 3 nitrogen and oxygen atoms in total. The van der Waals surface area contributed by atoms with Gasteiger partial charge in [0.05, 0.1) is 12.3 Å². The van der Waals surface area contributed by atoms with Gasteiger partial charge in [0, 0.05) is 5.56 Å². The molecule has 78 valence electrons. The first kappa shape index (κ1) is 9.77. The van der Waals surface area contributed by atoms with Crippen molar-refractivity contribution in [2.75, 3.05) is 0 Å². The Morgan fingerprint density at radius 2 is 1.93 bits per heavy atom. The van der Waals surface area contributed by atoms with Gasteiger partial charge in [0.2, 0.25) is 0 Å². The Labute approximate surface area is 88.7 Å². The molecule has 1 aromatic heterocycles. The molecule has 1 aromatic carbocycles. The second-order valence-corrected chi connectivity index (χ2v) is 3.56. The first-order chi connectivity index (χ1) is 7.25. The average Bonchev–Trinajstić information content (AvgIpc) is 2.71. The summed E-state index contributed by atoms with van der Waals surface area (Å²) in [5.74, 6) is 1.64. The Morgan fingerprint density at radius 3 is 2.47 bits per heavy atom. The number of rotatable bonds is 3. The van der Waals surface area contributed by atoms with E-state index in [0.29, 0.717) is 0 Å². The Kier molecular flexibility index (Phi) is 2.72. The number of hydrogen-bond donors (Lipinski definition) is 0. The molecule has 0 radical (unpaired) electrons. The van der Waals surface area contributed by atoms with E-state index in [1.54, 1.807) is 6.20 Å². The molecule has 0 atom stereocenters. The summed E-state index contributed by atoms with van der Waals surface area (Å²) in [6.45, 7) is 4.01. The maximum absolute atomic E-state index is 5.54. The van der Waals surface area contributed by atoms with Crippen LogP contribution in [0.4, 0.5) is 0 Å². The van der Waals surface area contributed by atoms with Crippen molar-refractivity contribution in [1.29, 1.82) is 0 Å². The van der Waals surface area contributed by atoms with Gasteiger partial charge in [-0.05, 0) is 38.1 Å². The van der Waals surface area contributed by atoms with E-state index < -0.39 is 0 Å². The van der Waals surface area contributed by atoms with Crippen molar-refractivity contribution < 1.29 is 9.15 Å². The van der Waals surface area contributed by atoms with Gasteiger partial charge in [0.15, 0.2) is 12.2 Å². The summed E-state index contributed by atoms with van der Waals surface area (Å²) in [4.78, 5) is 3.87. The van der Waals surface area contributed by atoms with Gasteiger partial charge < -0.3 is 9.15 Å². The molecule has 0 aliphatic rings. The summed E-state index contributed by atoms with van der Waals surface area (Å²) in [5.41, 5.74) is 1.00. The van der Waals surface area contributed by atoms with Crippen molar-refractivity contribution in [3.05, 3.63) is 36.9 Å². The lowest BCUT2D eigenvalue weighted by atomic mass is 10.2. The molecule has 2 aromatic rings. The zero-order valence-electron chi connectivity index (χ0n) is 8.81. The van der Waals surface area contributed by atoms with Crippen molar-refractivity contribution >= 4 is 0 Å². The molecular weight excluding hydrogens is 190 g/mol. The van der Waals surface area contributed by atoms with E-state index in [9.17, 15) is 0 Å². The third-order valence-corrected chi connectivity index (χ3v) is 1.94. The van der Waals surface area contributed by atoms with Gasteiger partial charge in [0.1, 0.15) is 5.75 Å². The fraction of sp³-hybridized carbons (Fsp3) is 0.250. The monoisotopic (exact) mass is 203 g/mol. The smallest absolute Gasteiger partial charge is 0.181 e. The zero-order valence-corrected chi connectivity index (χ0v) is 8.81. The number of ether oxygens (including phenoxy) is 1. The minimum absolute atomic E-state index is 0.195. The third kappa shape index (κ3) is 2.37. The Morgan fingerprint density at radius 1 is 1.20 bits per heavy atom. The van der Waals surface area contributed by atoms with Crippen LogP contribution in [-0.2, 0) is 0 Å². The minimum atomic E-state index is 0.195. The second-order valence-electron chi connectivity index (χ2n) is 3.56. The van der Waals surface area contributed by atoms with Crippen LogP contribution in [0.3, 0.4) is 0 Å². The molecule has 0 bridgehead atoms. The maximum atomic E-state index is 5.54. The van der Waals surface area contributed by atoms with E-state index in [2.05, 4.69) is 4.98 Å². The quantitative estimate of drug-likeness (QED) is 0.768. The summed E-state index contributed by atoms with van der Waals surface area (Å²) < 4.78 is 10.7. The number of benzene rings is 1. The predicted octanol–water partition coefficient (Wildman–Crippen LogP) is 3.13. The number of oxazole rings is 1. The third-order valence-electron chi connectivity index (χ3n) is 1.94. The SMILES string of the molecule is CC(C)Oc1ccc(-c2cnco2)cc1. The summed E-state index contributed by atoms with van der Waals surface area (Å²) in [6.07, 6.45) is 3.31. The molecule has 3 heteroatoms. The lowest BCUT2D eigenvalue weighted by Gasteiger charge is -2.09. The summed E-state index contributed by atoms with van der Waals surface area (Å²) in [7, 11) is 0. The molecule has 15 heavy (non-hydrogen) atoms. The Balaban J connectivity index is 2.17. The van der Waals surface area contributed by atoms with Crippen LogP contribution in [0.1, 0.15) is 13.8 Å². The molecule has 0 amide bonds. The molecular formula is C12H13NO2. The highest BCUT2D eigenvalue weighted by molar-refractivity contribution is 5.57. The lowest BCUT2D eigenvalue weighted by molar-refractivity contribution is 0.242. The standard InChI is InChI=1S/C12H13NO2/c1-9(2)15-11-5-3-10(4-6-11)12-7-13-8-14-12/h3-9H,1-2H3. The van der Waals surface area contributed by atoms with E-state index in [0.717, 1.165) is 17.1 Å². The summed E-state index contributed by atoms with van der Waals surface area (Å²) in [5, 5.41) is 0. The zero-order chi connectivity index (χ0) is 10.7. The average molecular weight is 203 g/mol. The van der Waals surface area contributed by atoms with Crippen LogP contribution in [0, 0.1) is 0 Å². The fourth-order valence-electron chi connectivity index (χ4n) is 1.33.